The van der Waals surface area contributed by atoms with Crippen LogP contribution < -0.4 is 15.1 Å². The highest BCUT2D eigenvalue weighted by Crippen LogP contribution is 2.27. The number of carbonyl (C=O) groups excluding carboxylic acids is 1. The van der Waals surface area contributed by atoms with Crippen LogP contribution in [-0.4, -0.2) is 43.2 Å². The Balaban J connectivity index is 1.50. The Morgan fingerprint density at radius 2 is 1.41 bits per heavy atom. The average Bonchev–Trinajstić information content (AvgIpc) is 2.80. The fourth-order valence-corrected chi connectivity index (χ4v) is 3.76. The molecule has 32 heavy (non-hydrogen) atoms. The Kier molecular flexibility index (Phi) is 6.02. The van der Waals surface area contributed by atoms with Crippen molar-refractivity contribution in [3.8, 4) is 0 Å². The minimum Gasteiger partial charge on any atom is -0.478 e. The Bertz CT molecular complexity index is 1160. The molecule has 1 saturated heterocycles. The van der Waals surface area contributed by atoms with E-state index in [0.717, 1.165) is 6.07 Å². The van der Waals surface area contributed by atoms with E-state index in [1.54, 1.807) is 24.3 Å². The highest BCUT2D eigenvalue weighted by molar-refractivity contribution is 6.08. The van der Waals surface area contributed by atoms with Gasteiger partial charge in [0.25, 0.3) is 5.91 Å². The van der Waals surface area contributed by atoms with Gasteiger partial charge >= 0.3 is 5.97 Å². The molecular formula is C24H21F2N3O3. The number of nitrogens with zero attached hydrogens (tertiary/aromatic N) is 2. The summed E-state index contributed by atoms with van der Waals surface area (Å²) in [5.41, 5.74) is 1.05. The Labute approximate surface area is 183 Å². The number of rotatable bonds is 5. The molecule has 0 radical (unpaired) electrons. The number of halogens is 2. The minimum atomic E-state index is -1.21. The molecule has 1 fully saturated rings. The van der Waals surface area contributed by atoms with Gasteiger partial charge in [0.2, 0.25) is 0 Å². The average molecular weight is 437 g/mol. The van der Waals surface area contributed by atoms with Gasteiger partial charge in [0.1, 0.15) is 11.6 Å². The van der Waals surface area contributed by atoms with Crippen molar-refractivity contribution >= 4 is 28.9 Å². The quantitative estimate of drug-likeness (QED) is 0.625. The standard InChI is InChI=1S/C24H21F2N3O3/c25-19-6-2-1-5-17(19)23(30)27-21-10-9-16(15-18(21)24(31)32)28-11-13-29(14-12-28)22-8-4-3-7-20(22)26/h1-10,15H,11-14H2,(H,27,30)(H,31,32). The number of amides is 1. The largest absolute Gasteiger partial charge is 0.478 e. The molecule has 1 aliphatic rings. The number of anilines is 3. The van der Waals surface area contributed by atoms with Crippen LogP contribution in [0.5, 0.6) is 0 Å². The summed E-state index contributed by atoms with van der Waals surface area (Å²) in [5.74, 6) is -2.90. The summed E-state index contributed by atoms with van der Waals surface area (Å²) in [6.07, 6.45) is 0. The van der Waals surface area contributed by atoms with Crippen LogP contribution in [0, 0.1) is 11.6 Å². The molecule has 3 aromatic rings. The van der Waals surface area contributed by atoms with Gasteiger partial charge in [-0.05, 0) is 42.5 Å². The van der Waals surface area contributed by atoms with E-state index < -0.39 is 17.7 Å². The van der Waals surface area contributed by atoms with Crippen molar-refractivity contribution in [1.82, 2.24) is 0 Å². The van der Waals surface area contributed by atoms with Gasteiger partial charge in [0.05, 0.1) is 22.5 Å². The molecule has 8 heteroatoms. The maximum atomic E-state index is 14.1. The molecule has 1 aliphatic heterocycles. The smallest absolute Gasteiger partial charge is 0.337 e. The van der Waals surface area contributed by atoms with Crippen LogP contribution in [0.25, 0.3) is 0 Å². The van der Waals surface area contributed by atoms with E-state index in [0.29, 0.717) is 37.6 Å². The van der Waals surface area contributed by atoms with Gasteiger partial charge in [-0.3, -0.25) is 4.79 Å². The number of para-hydroxylation sites is 1. The molecule has 0 saturated carbocycles. The van der Waals surface area contributed by atoms with E-state index in [2.05, 4.69) is 5.32 Å². The first-order valence-corrected chi connectivity index (χ1v) is 10.1. The number of nitrogens with one attached hydrogen (secondary N) is 1. The van der Waals surface area contributed by atoms with Gasteiger partial charge < -0.3 is 20.2 Å². The molecule has 6 nitrogen and oxygen atoms in total. The topological polar surface area (TPSA) is 72.9 Å². The van der Waals surface area contributed by atoms with E-state index in [1.165, 1.54) is 36.4 Å². The summed E-state index contributed by atoms with van der Waals surface area (Å²) in [6.45, 7) is 2.31. The predicted octanol–water partition coefficient (Wildman–Crippen LogP) is 4.24. The van der Waals surface area contributed by atoms with Crippen molar-refractivity contribution in [2.45, 2.75) is 0 Å². The molecule has 1 amide bonds. The van der Waals surface area contributed by atoms with E-state index in [1.807, 2.05) is 9.80 Å². The number of carboxylic acids is 1. The predicted molar refractivity (Wildman–Crippen MR) is 119 cm³/mol. The van der Waals surface area contributed by atoms with Crippen LogP contribution in [-0.2, 0) is 0 Å². The molecule has 3 aromatic carbocycles. The van der Waals surface area contributed by atoms with Gasteiger partial charge in [-0.25, -0.2) is 13.6 Å². The summed E-state index contributed by atoms with van der Waals surface area (Å²) in [5, 5.41) is 12.1. The number of hydrogen-bond acceptors (Lipinski definition) is 4. The van der Waals surface area contributed by atoms with Crippen LogP contribution >= 0.6 is 0 Å². The number of hydrogen-bond donors (Lipinski definition) is 2. The van der Waals surface area contributed by atoms with Crippen molar-refractivity contribution in [2.75, 3.05) is 41.3 Å². The number of aromatic carboxylic acids is 1. The summed E-state index contributed by atoms with van der Waals surface area (Å²) >= 11 is 0. The van der Waals surface area contributed by atoms with E-state index >= 15 is 0 Å². The van der Waals surface area contributed by atoms with Crippen LogP contribution in [0.3, 0.4) is 0 Å². The Morgan fingerprint density at radius 3 is 2.06 bits per heavy atom. The monoisotopic (exact) mass is 437 g/mol. The maximum absolute atomic E-state index is 14.1. The van der Waals surface area contributed by atoms with Crippen molar-refractivity contribution < 1.29 is 23.5 Å². The number of piperazine rings is 1. The zero-order chi connectivity index (χ0) is 22.7. The first kappa shape index (κ1) is 21.3. The zero-order valence-electron chi connectivity index (χ0n) is 17.1. The fourth-order valence-electron chi connectivity index (χ4n) is 3.76. The molecule has 4 rings (SSSR count). The zero-order valence-corrected chi connectivity index (χ0v) is 17.1. The highest BCUT2D eigenvalue weighted by Gasteiger charge is 2.22. The molecule has 0 bridgehead atoms. The molecule has 0 aliphatic carbocycles. The van der Waals surface area contributed by atoms with Gasteiger partial charge in [-0.15, -0.1) is 0 Å². The van der Waals surface area contributed by atoms with Gasteiger partial charge in [-0.1, -0.05) is 24.3 Å². The Hall–Kier alpha value is -3.94. The summed E-state index contributed by atoms with van der Waals surface area (Å²) in [6, 6.07) is 16.8. The molecule has 0 aromatic heterocycles. The molecule has 2 N–H and O–H groups in total. The second-order valence-corrected chi connectivity index (χ2v) is 7.39. The minimum absolute atomic E-state index is 0.0829. The normalized spacial score (nSPS) is 13.7. The van der Waals surface area contributed by atoms with E-state index in [-0.39, 0.29) is 22.6 Å². The second kappa shape index (κ2) is 9.05. The molecule has 0 spiro atoms. The van der Waals surface area contributed by atoms with Gasteiger partial charge in [0.15, 0.2) is 0 Å². The fraction of sp³-hybridized carbons (Fsp3) is 0.167. The molecule has 1 heterocycles. The van der Waals surface area contributed by atoms with E-state index in [4.69, 9.17) is 0 Å². The number of benzene rings is 3. The molecule has 0 unspecified atom stereocenters. The lowest BCUT2D eigenvalue weighted by molar-refractivity contribution is 0.0698. The third-order valence-electron chi connectivity index (χ3n) is 5.44. The lowest BCUT2D eigenvalue weighted by Crippen LogP contribution is -2.46. The number of carbonyl (C=O) groups is 2. The van der Waals surface area contributed by atoms with E-state index in [9.17, 15) is 23.5 Å². The summed E-state index contributed by atoms with van der Waals surface area (Å²) in [4.78, 5) is 28.2. The van der Waals surface area contributed by atoms with Crippen molar-refractivity contribution in [1.29, 1.82) is 0 Å². The van der Waals surface area contributed by atoms with Gasteiger partial charge in [0, 0.05) is 31.9 Å². The molecular weight excluding hydrogens is 416 g/mol. The van der Waals surface area contributed by atoms with Crippen molar-refractivity contribution in [3.05, 3.63) is 89.5 Å². The maximum Gasteiger partial charge on any atom is 0.337 e. The Morgan fingerprint density at radius 1 is 0.781 bits per heavy atom. The first-order valence-electron chi connectivity index (χ1n) is 10.1. The summed E-state index contributed by atoms with van der Waals surface area (Å²) < 4.78 is 27.9. The third-order valence-corrected chi connectivity index (χ3v) is 5.44. The number of carboxylic acid groups (broad SMARTS) is 1. The summed E-state index contributed by atoms with van der Waals surface area (Å²) in [7, 11) is 0. The lowest BCUT2D eigenvalue weighted by atomic mass is 10.1. The third kappa shape index (κ3) is 4.39. The van der Waals surface area contributed by atoms with Crippen LogP contribution in [0.15, 0.2) is 66.7 Å². The SMILES string of the molecule is O=C(Nc1ccc(N2CCN(c3ccccc3F)CC2)cc1C(=O)O)c1ccccc1F. The van der Waals surface area contributed by atoms with Crippen molar-refractivity contribution in [3.63, 3.8) is 0 Å². The first-order chi connectivity index (χ1) is 15.4. The van der Waals surface area contributed by atoms with Gasteiger partial charge in [-0.2, -0.15) is 0 Å². The van der Waals surface area contributed by atoms with Crippen molar-refractivity contribution in [2.24, 2.45) is 0 Å². The van der Waals surface area contributed by atoms with Crippen LogP contribution in [0.1, 0.15) is 20.7 Å². The van der Waals surface area contributed by atoms with Crippen LogP contribution in [0.2, 0.25) is 0 Å². The highest BCUT2D eigenvalue weighted by atomic mass is 19.1. The molecule has 0 atom stereocenters. The van der Waals surface area contributed by atoms with Crippen LogP contribution in [0.4, 0.5) is 25.8 Å². The second-order valence-electron chi connectivity index (χ2n) is 7.39. The molecule has 164 valence electrons. The lowest BCUT2D eigenvalue weighted by Gasteiger charge is -2.37.